The lowest BCUT2D eigenvalue weighted by molar-refractivity contribution is 0.102. The van der Waals surface area contributed by atoms with Crippen LogP contribution in [-0.2, 0) is 7.05 Å². The van der Waals surface area contributed by atoms with Gasteiger partial charge in [-0.15, -0.1) is 0 Å². The van der Waals surface area contributed by atoms with E-state index in [0.717, 1.165) is 11.4 Å². The van der Waals surface area contributed by atoms with E-state index in [0.29, 0.717) is 16.9 Å². The molecular weight excluding hydrogens is 282 g/mol. The first-order chi connectivity index (χ1) is 10.4. The largest absolute Gasteiger partial charge is 0.341 e. The molecule has 2 aromatic rings. The molecule has 0 unspecified atom stereocenters. The number of amides is 3. The number of nitrogens with zero attached hydrogens (tertiary/aromatic N) is 2. The van der Waals surface area contributed by atoms with E-state index in [1.165, 1.54) is 7.05 Å². The van der Waals surface area contributed by atoms with Crippen LogP contribution in [0.1, 0.15) is 21.7 Å². The van der Waals surface area contributed by atoms with Gasteiger partial charge in [-0.2, -0.15) is 5.10 Å². The van der Waals surface area contributed by atoms with E-state index >= 15 is 0 Å². The minimum absolute atomic E-state index is 0.300. The van der Waals surface area contributed by atoms with Gasteiger partial charge in [0.15, 0.2) is 0 Å². The van der Waals surface area contributed by atoms with Crippen molar-refractivity contribution in [2.45, 2.75) is 13.8 Å². The highest BCUT2D eigenvalue weighted by molar-refractivity contribution is 6.10. The molecule has 22 heavy (non-hydrogen) atoms. The van der Waals surface area contributed by atoms with Gasteiger partial charge in [-0.1, -0.05) is 12.1 Å². The van der Waals surface area contributed by atoms with Crippen molar-refractivity contribution in [1.82, 2.24) is 15.1 Å². The number of hydrogen-bond donors (Lipinski definition) is 3. The summed E-state index contributed by atoms with van der Waals surface area (Å²) in [7, 11) is 3.33. The van der Waals surface area contributed by atoms with Crippen LogP contribution in [0.4, 0.5) is 16.2 Å². The van der Waals surface area contributed by atoms with Crippen LogP contribution in [0, 0.1) is 13.8 Å². The normalized spacial score (nSPS) is 10.2. The van der Waals surface area contributed by atoms with Crippen LogP contribution in [-0.4, -0.2) is 28.8 Å². The molecule has 3 amide bonds. The van der Waals surface area contributed by atoms with E-state index in [9.17, 15) is 9.59 Å². The van der Waals surface area contributed by atoms with Crippen molar-refractivity contribution in [1.29, 1.82) is 0 Å². The number of hydrogen-bond acceptors (Lipinski definition) is 3. The van der Waals surface area contributed by atoms with Crippen molar-refractivity contribution in [3.8, 4) is 0 Å². The Morgan fingerprint density at radius 3 is 2.41 bits per heavy atom. The third kappa shape index (κ3) is 3.08. The van der Waals surface area contributed by atoms with Gasteiger partial charge < -0.3 is 16.0 Å². The predicted molar refractivity (Wildman–Crippen MR) is 85.2 cm³/mol. The van der Waals surface area contributed by atoms with Crippen molar-refractivity contribution >= 4 is 23.3 Å². The predicted octanol–water partition coefficient (Wildman–Crippen LogP) is 2.04. The fourth-order valence-corrected chi connectivity index (χ4v) is 2.11. The molecule has 3 N–H and O–H groups in total. The Bertz CT molecular complexity index is 721. The minimum atomic E-state index is -0.381. The average molecular weight is 301 g/mol. The average Bonchev–Trinajstić information content (AvgIpc) is 2.74. The molecule has 0 fully saturated rings. The van der Waals surface area contributed by atoms with Gasteiger partial charge in [-0.3, -0.25) is 9.48 Å². The summed E-state index contributed by atoms with van der Waals surface area (Å²) in [6, 6.07) is 6.44. The number of benzene rings is 1. The zero-order valence-electron chi connectivity index (χ0n) is 13.0. The number of anilines is 2. The molecule has 0 bridgehead atoms. The lowest BCUT2D eigenvalue weighted by Gasteiger charge is -2.11. The van der Waals surface area contributed by atoms with Crippen LogP contribution < -0.4 is 16.0 Å². The Hall–Kier alpha value is -2.83. The summed E-state index contributed by atoms with van der Waals surface area (Å²) in [5.41, 5.74) is 3.11. The number of carbonyl (C=O) groups excluding carboxylic acids is 2. The van der Waals surface area contributed by atoms with Crippen molar-refractivity contribution in [3.63, 3.8) is 0 Å². The molecular formula is C15H19N5O2. The van der Waals surface area contributed by atoms with Gasteiger partial charge in [-0.05, 0) is 26.0 Å². The smallest absolute Gasteiger partial charge is 0.318 e. The molecule has 0 aliphatic heterocycles. The number of para-hydroxylation sites is 1. The first-order valence-corrected chi connectivity index (χ1v) is 6.83. The minimum Gasteiger partial charge on any atom is -0.341 e. The number of urea groups is 1. The van der Waals surface area contributed by atoms with Crippen LogP contribution >= 0.6 is 0 Å². The lowest BCUT2D eigenvalue weighted by Crippen LogP contribution is -2.26. The second-order valence-electron chi connectivity index (χ2n) is 4.87. The van der Waals surface area contributed by atoms with E-state index in [1.54, 1.807) is 28.9 Å². The summed E-state index contributed by atoms with van der Waals surface area (Å²) in [6.07, 6.45) is 0. The van der Waals surface area contributed by atoms with Crippen molar-refractivity contribution in [3.05, 3.63) is 41.2 Å². The fourth-order valence-electron chi connectivity index (χ4n) is 2.11. The summed E-state index contributed by atoms with van der Waals surface area (Å²) in [5.74, 6) is -0.300. The molecule has 0 aliphatic carbocycles. The summed E-state index contributed by atoms with van der Waals surface area (Å²) < 4.78 is 1.71. The van der Waals surface area contributed by atoms with Gasteiger partial charge >= 0.3 is 6.03 Å². The maximum absolute atomic E-state index is 12.5. The fraction of sp³-hybridized carbons (Fsp3) is 0.267. The summed E-state index contributed by atoms with van der Waals surface area (Å²) >= 11 is 0. The zero-order valence-corrected chi connectivity index (χ0v) is 13.0. The number of rotatable bonds is 3. The quantitative estimate of drug-likeness (QED) is 0.810. The van der Waals surface area contributed by atoms with Crippen LogP contribution in [0.15, 0.2) is 24.3 Å². The van der Waals surface area contributed by atoms with Crippen molar-refractivity contribution in [2.24, 2.45) is 7.05 Å². The molecule has 0 saturated carbocycles. The molecule has 1 aromatic carbocycles. The molecule has 7 nitrogen and oxygen atoms in total. The summed E-state index contributed by atoms with van der Waals surface area (Å²) in [4.78, 5) is 24.0. The molecule has 0 aliphatic rings. The van der Waals surface area contributed by atoms with Crippen LogP contribution in [0.3, 0.4) is 0 Å². The lowest BCUT2D eigenvalue weighted by atomic mass is 10.1. The standard InChI is InChI=1S/C15H19N5O2/c1-9-13(10(2)20(4)19-9)18-14(21)11-7-5-6-8-12(11)17-15(22)16-3/h5-8H,1-4H3,(H,18,21)(H2,16,17,22). The third-order valence-corrected chi connectivity index (χ3v) is 3.39. The van der Waals surface area contributed by atoms with Gasteiger partial charge in [0.25, 0.3) is 5.91 Å². The topological polar surface area (TPSA) is 88.1 Å². The molecule has 0 saturated heterocycles. The first-order valence-electron chi connectivity index (χ1n) is 6.83. The Labute approximate surface area is 128 Å². The second-order valence-corrected chi connectivity index (χ2v) is 4.87. The highest BCUT2D eigenvalue weighted by Gasteiger charge is 2.16. The zero-order chi connectivity index (χ0) is 16.3. The Morgan fingerprint density at radius 1 is 1.14 bits per heavy atom. The maximum atomic E-state index is 12.5. The summed E-state index contributed by atoms with van der Waals surface area (Å²) in [5, 5.41) is 12.2. The molecule has 0 radical (unpaired) electrons. The van der Waals surface area contributed by atoms with E-state index in [-0.39, 0.29) is 11.9 Å². The van der Waals surface area contributed by atoms with Crippen LogP contribution in [0.25, 0.3) is 0 Å². The van der Waals surface area contributed by atoms with Gasteiger partial charge in [-0.25, -0.2) is 4.79 Å². The molecule has 1 heterocycles. The molecule has 7 heteroatoms. The van der Waals surface area contributed by atoms with Crippen molar-refractivity contribution < 1.29 is 9.59 Å². The van der Waals surface area contributed by atoms with Crippen LogP contribution in [0.5, 0.6) is 0 Å². The van der Waals surface area contributed by atoms with Gasteiger partial charge in [0.05, 0.1) is 28.3 Å². The van der Waals surface area contributed by atoms with Crippen LogP contribution in [0.2, 0.25) is 0 Å². The number of nitrogens with one attached hydrogen (secondary N) is 3. The third-order valence-electron chi connectivity index (χ3n) is 3.39. The van der Waals surface area contributed by atoms with Gasteiger partial charge in [0.1, 0.15) is 0 Å². The highest BCUT2D eigenvalue weighted by Crippen LogP contribution is 2.21. The SMILES string of the molecule is CNC(=O)Nc1ccccc1C(=O)Nc1c(C)nn(C)c1C. The highest BCUT2D eigenvalue weighted by atomic mass is 16.2. The van der Waals surface area contributed by atoms with Gasteiger partial charge in [0.2, 0.25) is 0 Å². The van der Waals surface area contributed by atoms with E-state index in [2.05, 4.69) is 21.0 Å². The second kappa shape index (κ2) is 6.30. The van der Waals surface area contributed by atoms with Gasteiger partial charge in [0, 0.05) is 14.1 Å². The molecule has 1 aromatic heterocycles. The van der Waals surface area contributed by atoms with E-state index < -0.39 is 0 Å². The van der Waals surface area contributed by atoms with E-state index in [1.807, 2.05) is 20.9 Å². The molecule has 0 atom stereocenters. The molecule has 0 spiro atoms. The van der Waals surface area contributed by atoms with Crippen molar-refractivity contribution in [2.75, 3.05) is 17.7 Å². The number of aryl methyl sites for hydroxylation is 2. The Balaban J connectivity index is 2.28. The maximum Gasteiger partial charge on any atom is 0.318 e. The number of aromatic nitrogens is 2. The number of carbonyl (C=O) groups is 2. The molecule has 116 valence electrons. The summed E-state index contributed by atoms with van der Waals surface area (Å²) in [6.45, 7) is 3.71. The Kier molecular flexibility index (Phi) is 4.45. The first kappa shape index (κ1) is 15.6. The monoisotopic (exact) mass is 301 g/mol. The Morgan fingerprint density at radius 2 is 1.82 bits per heavy atom. The van der Waals surface area contributed by atoms with E-state index in [4.69, 9.17) is 0 Å². The molecule has 2 rings (SSSR count).